The second-order valence-corrected chi connectivity index (χ2v) is 4.78. The summed E-state index contributed by atoms with van der Waals surface area (Å²) < 4.78 is 18.9. The SMILES string of the molecule is COc1ccc(NCc2ccc(C(N)=O)cc2F)cc1Cl. The summed E-state index contributed by atoms with van der Waals surface area (Å²) in [6, 6.07) is 9.32. The summed E-state index contributed by atoms with van der Waals surface area (Å²) in [7, 11) is 1.53. The number of rotatable bonds is 5. The Hall–Kier alpha value is -2.27. The largest absolute Gasteiger partial charge is 0.495 e. The van der Waals surface area contributed by atoms with Crippen molar-refractivity contribution in [3.8, 4) is 5.75 Å². The zero-order chi connectivity index (χ0) is 15.4. The lowest BCUT2D eigenvalue weighted by Crippen LogP contribution is -2.12. The van der Waals surface area contributed by atoms with Crippen molar-refractivity contribution in [3.05, 3.63) is 58.4 Å². The fraction of sp³-hybridized carbons (Fsp3) is 0.133. The molecule has 1 amide bonds. The molecule has 110 valence electrons. The van der Waals surface area contributed by atoms with Gasteiger partial charge < -0.3 is 15.8 Å². The number of nitrogens with two attached hydrogens (primary N) is 1. The third kappa shape index (κ3) is 3.64. The Kier molecular flexibility index (Phi) is 4.65. The number of nitrogens with one attached hydrogen (secondary N) is 1. The molecule has 3 N–H and O–H groups in total. The van der Waals surface area contributed by atoms with Crippen LogP contribution in [0.15, 0.2) is 36.4 Å². The summed E-state index contributed by atoms with van der Waals surface area (Å²) in [5.74, 6) is -0.576. The van der Waals surface area contributed by atoms with Crippen molar-refractivity contribution in [1.82, 2.24) is 0 Å². The van der Waals surface area contributed by atoms with E-state index in [0.29, 0.717) is 16.3 Å². The van der Waals surface area contributed by atoms with Gasteiger partial charge in [-0.1, -0.05) is 17.7 Å². The molecule has 0 spiro atoms. The lowest BCUT2D eigenvalue weighted by Gasteiger charge is -2.10. The number of ether oxygens (including phenoxy) is 1. The highest BCUT2D eigenvalue weighted by Gasteiger charge is 2.07. The van der Waals surface area contributed by atoms with E-state index in [-0.39, 0.29) is 12.1 Å². The molecular weight excluding hydrogens is 295 g/mol. The molecule has 0 bridgehead atoms. The molecule has 4 nitrogen and oxygen atoms in total. The predicted molar refractivity (Wildman–Crippen MR) is 80.2 cm³/mol. The molecule has 0 aliphatic rings. The van der Waals surface area contributed by atoms with Gasteiger partial charge in [0.1, 0.15) is 11.6 Å². The smallest absolute Gasteiger partial charge is 0.248 e. The van der Waals surface area contributed by atoms with Crippen LogP contribution < -0.4 is 15.8 Å². The minimum absolute atomic E-state index is 0.142. The summed E-state index contributed by atoms with van der Waals surface area (Å²) in [5.41, 5.74) is 6.39. The Morgan fingerprint density at radius 3 is 2.67 bits per heavy atom. The molecule has 0 aromatic heterocycles. The van der Waals surface area contributed by atoms with Crippen LogP contribution in [0.3, 0.4) is 0 Å². The molecule has 2 aromatic rings. The van der Waals surface area contributed by atoms with Gasteiger partial charge >= 0.3 is 0 Å². The average molecular weight is 309 g/mol. The summed E-state index contributed by atoms with van der Waals surface area (Å²) in [5, 5.41) is 3.51. The van der Waals surface area contributed by atoms with Crippen LogP contribution >= 0.6 is 11.6 Å². The number of hydrogen-bond donors (Lipinski definition) is 2. The fourth-order valence-electron chi connectivity index (χ4n) is 1.82. The van der Waals surface area contributed by atoms with E-state index < -0.39 is 11.7 Å². The van der Waals surface area contributed by atoms with Crippen molar-refractivity contribution in [1.29, 1.82) is 0 Å². The van der Waals surface area contributed by atoms with Crippen LogP contribution in [-0.4, -0.2) is 13.0 Å². The Balaban J connectivity index is 2.09. The van der Waals surface area contributed by atoms with Gasteiger partial charge in [0.25, 0.3) is 0 Å². The minimum Gasteiger partial charge on any atom is -0.495 e. The highest BCUT2D eigenvalue weighted by atomic mass is 35.5. The zero-order valence-electron chi connectivity index (χ0n) is 11.3. The van der Waals surface area contributed by atoms with Crippen LogP contribution in [0.25, 0.3) is 0 Å². The summed E-state index contributed by atoms with van der Waals surface area (Å²) in [6.45, 7) is 0.257. The maximum atomic E-state index is 13.8. The van der Waals surface area contributed by atoms with Gasteiger partial charge in [0.05, 0.1) is 12.1 Å². The number of hydrogen-bond acceptors (Lipinski definition) is 3. The quantitative estimate of drug-likeness (QED) is 0.891. The number of carbonyl (C=O) groups excluding carboxylic acids is 1. The number of anilines is 1. The summed E-state index contributed by atoms with van der Waals surface area (Å²) in [6.07, 6.45) is 0. The van der Waals surface area contributed by atoms with Crippen LogP contribution in [0, 0.1) is 5.82 Å². The first-order valence-corrected chi connectivity index (χ1v) is 6.54. The maximum Gasteiger partial charge on any atom is 0.248 e. The Morgan fingerprint density at radius 1 is 1.33 bits per heavy atom. The van der Waals surface area contributed by atoms with Crippen LogP contribution in [0.2, 0.25) is 5.02 Å². The van der Waals surface area contributed by atoms with Gasteiger partial charge in [0, 0.05) is 23.4 Å². The van der Waals surface area contributed by atoms with Crippen LogP contribution in [0.4, 0.5) is 10.1 Å². The lowest BCUT2D eigenvalue weighted by molar-refractivity contribution is 0.1000. The van der Waals surface area contributed by atoms with Gasteiger partial charge in [-0.2, -0.15) is 0 Å². The topological polar surface area (TPSA) is 64.3 Å². The van der Waals surface area contributed by atoms with Crippen molar-refractivity contribution >= 4 is 23.2 Å². The maximum absolute atomic E-state index is 13.8. The highest BCUT2D eigenvalue weighted by molar-refractivity contribution is 6.32. The molecule has 0 atom stereocenters. The number of primary amides is 1. The molecule has 0 unspecified atom stereocenters. The molecule has 0 saturated carbocycles. The van der Waals surface area contributed by atoms with E-state index in [0.717, 1.165) is 11.8 Å². The predicted octanol–water partition coefficient (Wildman–Crippen LogP) is 3.20. The van der Waals surface area contributed by atoms with Gasteiger partial charge in [-0.25, -0.2) is 4.39 Å². The first-order valence-electron chi connectivity index (χ1n) is 6.17. The van der Waals surface area contributed by atoms with Crippen LogP contribution in [0.1, 0.15) is 15.9 Å². The fourth-order valence-corrected chi connectivity index (χ4v) is 2.08. The highest BCUT2D eigenvalue weighted by Crippen LogP contribution is 2.27. The monoisotopic (exact) mass is 308 g/mol. The molecule has 6 heteroatoms. The van der Waals surface area contributed by atoms with Crippen LogP contribution in [-0.2, 0) is 6.54 Å². The summed E-state index contributed by atoms with van der Waals surface area (Å²) >= 11 is 6.01. The van der Waals surface area contributed by atoms with Gasteiger partial charge in [-0.3, -0.25) is 4.79 Å². The van der Waals surface area contributed by atoms with Gasteiger partial charge in [0.15, 0.2) is 0 Å². The second-order valence-electron chi connectivity index (χ2n) is 4.37. The molecule has 0 saturated heterocycles. The van der Waals surface area contributed by atoms with Gasteiger partial charge in [-0.15, -0.1) is 0 Å². The Labute approximate surface area is 126 Å². The van der Waals surface area contributed by atoms with Gasteiger partial charge in [-0.05, 0) is 30.3 Å². The van der Waals surface area contributed by atoms with Crippen molar-refractivity contribution in [2.24, 2.45) is 5.73 Å². The zero-order valence-corrected chi connectivity index (χ0v) is 12.1. The first-order chi connectivity index (χ1) is 10.0. The molecule has 0 aliphatic heterocycles. The van der Waals surface area contributed by atoms with E-state index >= 15 is 0 Å². The van der Waals surface area contributed by atoms with E-state index in [2.05, 4.69) is 5.32 Å². The van der Waals surface area contributed by atoms with E-state index in [1.807, 2.05) is 0 Å². The number of methoxy groups -OCH3 is 1. The van der Waals surface area contributed by atoms with E-state index in [9.17, 15) is 9.18 Å². The summed E-state index contributed by atoms with van der Waals surface area (Å²) in [4.78, 5) is 11.0. The number of halogens is 2. The van der Waals surface area contributed by atoms with Crippen molar-refractivity contribution in [3.63, 3.8) is 0 Å². The Bertz CT molecular complexity index is 677. The first kappa shape index (κ1) is 15.1. The molecule has 0 radical (unpaired) electrons. The third-order valence-corrected chi connectivity index (χ3v) is 3.27. The molecule has 0 fully saturated rings. The minimum atomic E-state index is -0.657. The third-order valence-electron chi connectivity index (χ3n) is 2.97. The molecule has 2 rings (SSSR count). The lowest BCUT2D eigenvalue weighted by atomic mass is 10.1. The average Bonchev–Trinajstić information content (AvgIpc) is 2.46. The molecule has 2 aromatic carbocycles. The number of carbonyl (C=O) groups is 1. The van der Waals surface area contributed by atoms with Gasteiger partial charge in [0.2, 0.25) is 5.91 Å². The van der Waals surface area contributed by atoms with Crippen LogP contribution in [0.5, 0.6) is 5.75 Å². The van der Waals surface area contributed by atoms with Crippen molar-refractivity contribution in [2.45, 2.75) is 6.54 Å². The number of amides is 1. The van der Waals surface area contributed by atoms with Crippen molar-refractivity contribution < 1.29 is 13.9 Å². The van der Waals surface area contributed by atoms with E-state index in [4.69, 9.17) is 22.1 Å². The number of benzene rings is 2. The van der Waals surface area contributed by atoms with Crippen molar-refractivity contribution in [2.75, 3.05) is 12.4 Å². The molecule has 21 heavy (non-hydrogen) atoms. The molecule has 0 heterocycles. The molecular formula is C15H14ClFN2O2. The van der Waals surface area contributed by atoms with E-state index in [1.54, 1.807) is 18.2 Å². The second kappa shape index (κ2) is 6.45. The normalized spacial score (nSPS) is 10.2. The van der Waals surface area contributed by atoms with E-state index in [1.165, 1.54) is 19.2 Å². The molecule has 0 aliphatic carbocycles. The Morgan fingerprint density at radius 2 is 2.10 bits per heavy atom. The standard InChI is InChI=1S/C15H14ClFN2O2/c1-21-14-5-4-11(7-12(14)16)19-8-10-3-2-9(15(18)20)6-13(10)17/h2-7,19H,8H2,1H3,(H2,18,20).